The number of amidine groups is 1. The number of fused-ring (bicyclic) bond motifs is 1. The lowest BCUT2D eigenvalue weighted by Gasteiger charge is -2.55. The first-order chi connectivity index (χ1) is 19.7. The topological polar surface area (TPSA) is 89.6 Å². The van der Waals surface area contributed by atoms with Crippen molar-refractivity contribution in [2.75, 3.05) is 17.7 Å². The second kappa shape index (κ2) is 11.0. The Morgan fingerprint density at radius 2 is 1.90 bits per heavy atom. The van der Waals surface area contributed by atoms with Crippen molar-refractivity contribution in [3.05, 3.63) is 59.2 Å². The number of rotatable bonds is 5. The molecule has 2 aromatic rings. The van der Waals surface area contributed by atoms with Gasteiger partial charge in [0, 0.05) is 29.0 Å². The summed E-state index contributed by atoms with van der Waals surface area (Å²) in [5.41, 5.74) is -1.46. The van der Waals surface area contributed by atoms with E-state index in [0.29, 0.717) is 12.3 Å². The summed E-state index contributed by atoms with van der Waals surface area (Å²) < 4.78 is 97.4. The number of pyridine rings is 1. The average Bonchev–Trinajstić information content (AvgIpc) is 2.91. The molecule has 5 rings (SSSR count). The summed E-state index contributed by atoms with van der Waals surface area (Å²) in [6, 6.07) is 4.11. The van der Waals surface area contributed by atoms with Crippen LogP contribution in [-0.2, 0) is 10.3 Å². The van der Waals surface area contributed by atoms with Crippen LogP contribution in [-0.4, -0.2) is 52.0 Å². The van der Waals surface area contributed by atoms with Gasteiger partial charge in [0.05, 0.1) is 18.9 Å². The van der Waals surface area contributed by atoms with Gasteiger partial charge in [-0.25, -0.2) is 36.3 Å². The fourth-order valence-electron chi connectivity index (χ4n) is 6.75. The molecule has 0 bridgehead atoms. The maximum atomic E-state index is 16.9. The lowest BCUT2D eigenvalue weighted by Crippen LogP contribution is -2.68. The van der Waals surface area contributed by atoms with Crippen molar-refractivity contribution in [2.24, 2.45) is 28.5 Å². The molecule has 13 heteroatoms. The largest absolute Gasteiger partial charge is 0.379 e. The molecule has 1 aliphatic carbocycles. The molecule has 1 amide bonds. The minimum atomic E-state index is -2.78. The number of carbonyl (C=O) groups is 1. The normalized spacial score (nSPS) is 35.0. The zero-order valence-corrected chi connectivity index (χ0v) is 24.1. The van der Waals surface area contributed by atoms with Gasteiger partial charge < -0.3 is 15.8 Å². The van der Waals surface area contributed by atoms with Gasteiger partial charge in [0.1, 0.15) is 23.3 Å². The standard InChI is InChI=1S/C29H32F6N4O2S/c1-14(2)29(35)22(33)6-15(3)10-28(29,34)23-7-16-12-42-26(36)39-27(16,13-41-23)19-9-18(4-5-20(19)31)38-25(40)24-21(32)8-17(30)11-37-24/h4-5,8-9,11,14-16,22-23H,6-7,10,12-13H2,1-3H3,(H2,36,39)(H,38,40)/t15?,16-,22?,23+,27-,28?,29?/m0/s1. The number of benzene rings is 1. The Labute approximate surface area is 243 Å². The van der Waals surface area contributed by atoms with E-state index in [-0.39, 0.29) is 48.0 Å². The van der Waals surface area contributed by atoms with Crippen LogP contribution in [0.1, 0.15) is 56.1 Å². The first kappa shape index (κ1) is 30.7. The number of carbonyl (C=O) groups excluding carboxylic acids is 1. The molecule has 6 nitrogen and oxygen atoms in total. The van der Waals surface area contributed by atoms with E-state index in [1.807, 2.05) is 0 Å². The molecule has 7 atom stereocenters. The molecule has 1 saturated carbocycles. The monoisotopic (exact) mass is 614 g/mol. The van der Waals surface area contributed by atoms with Crippen molar-refractivity contribution < 1.29 is 35.9 Å². The Hall–Kier alpha value is -2.80. The van der Waals surface area contributed by atoms with Crippen LogP contribution in [0.25, 0.3) is 0 Å². The number of alkyl halides is 3. The Balaban J connectivity index is 1.49. The van der Waals surface area contributed by atoms with E-state index in [1.165, 1.54) is 37.7 Å². The third-order valence-corrected chi connectivity index (χ3v) is 9.79. The molecule has 42 heavy (non-hydrogen) atoms. The molecule has 3 aliphatic rings. The highest BCUT2D eigenvalue weighted by Crippen LogP contribution is 2.57. The molecular formula is C29H32F6N4O2S. The predicted molar refractivity (Wildman–Crippen MR) is 148 cm³/mol. The first-order valence-electron chi connectivity index (χ1n) is 13.7. The minimum Gasteiger partial charge on any atom is -0.379 e. The maximum absolute atomic E-state index is 16.9. The maximum Gasteiger partial charge on any atom is 0.277 e. The summed E-state index contributed by atoms with van der Waals surface area (Å²) in [6.07, 6.45) is -3.07. The number of anilines is 1. The number of amides is 1. The van der Waals surface area contributed by atoms with Gasteiger partial charge in [-0.3, -0.25) is 4.79 Å². The molecular weight excluding hydrogens is 582 g/mol. The number of halogens is 6. The second-order valence-electron chi connectivity index (χ2n) is 11.8. The van der Waals surface area contributed by atoms with Gasteiger partial charge in [-0.15, -0.1) is 0 Å². The SMILES string of the molecule is CC1CC(F)C(F)(C(C)C)C(F)([C@H]2C[C@H]3CSC(N)=N[C@@]3(c3cc(NC(=O)c4ncc(F)cc4F)ccc3F)CO2)C1. The van der Waals surface area contributed by atoms with E-state index < -0.39 is 76.0 Å². The zero-order valence-electron chi connectivity index (χ0n) is 23.3. The van der Waals surface area contributed by atoms with Crippen LogP contribution in [0.5, 0.6) is 0 Å². The average molecular weight is 615 g/mol. The van der Waals surface area contributed by atoms with Gasteiger partial charge in [-0.05, 0) is 49.3 Å². The van der Waals surface area contributed by atoms with E-state index in [2.05, 4.69) is 15.3 Å². The number of hydrogen-bond acceptors (Lipinski definition) is 6. The summed E-state index contributed by atoms with van der Waals surface area (Å²) in [4.78, 5) is 20.7. The van der Waals surface area contributed by atoms with Crippen LogP contribution in [0, 0.1) is 35.2 Å². The van der Waals surface area contributed by atoms with Crippen LogP contribution in [0.4, 0.5) is 32.0 Å². The summed E-state index contributed by atoms with van der Waals surface area (Å²) in [6.45, 7) is 4.21. The van der Waals surface area contributed by atoms with E-state index in [1.54, 1.807) is 6.92 Å². The quantitative estimate of drug-likeness (QED) is 0.389. The summed E-state index contributed by atoms with van der Waals surface area (Å²) in [5, 5.41) is 2.55. The second-order valence-corrected chi connectivity index (χ2v) is 12.9. The molecule has 228 valence electrons. The van der Waals surface area contributed by atoms with Crippen LogP contribution in [0.2, 0.25) is 0 Å². The van der Waals surface area contributed by atoms with Gasteiger partial charge in [0.15, 0.2) is 28.0 Å². The van der Waals surface area contributed by atoms with Crippen molar-refractivity contribution in [3.8, 4) is 0 Å². The van der Waals surface area contributed by atoms with Crippen LogP contribution in [0.15, 0.2) is 35.5 Å². The van der Waals surface area contributed by atoms with Crippen molar-refractivity contribution in [1.82, 2.24) is 4.98 Å². The number of aromatic nitrogens is 1. The molecule has 1 aromatic heterocycles. The molecule has 2 aliphatic heterocycles. The van der Waals surface area contributed by atoms with Crippen molar-refractivity contribution in [1.29, 1.82) is 0 Å². The lowest BCUT2D eigenvalue weighted by atomic mass is 9.60. The van der Waals surface area contributed by atoms with Crippen molar-refractivity contribution >= 4 is 28.5 Å². The number of nitrogens with one attached hydrogen (secondary N) is 1. The van der Waals surface area contributed by atoms with E-state index >= 15 is 17.6 Å². The van der Waals surface area contributed by atoms with Gasteiger partial charge >= 0.3 is 0 Å². The van der Waals surface area contributed by atoms with Crippen LogP contribution in [0.3, 0.4) is 0 Å². The molecule has 3 heterocycles. The van der Waals surface area contributed by atoms with Crippen LogP contribution < -0.4 is 11.1 Å². The smallest absolute Gasteiger partial charge is 0.277 e. The van der Waals surface area contributed by atoms with Crippen LogP contribution >= 0.6 is 11.8 Å². The molecule has 1 aromatic carbocycles. The minimum absolute atomic E-state index is 0.0248. The Kier molecular flexibility index (Phi) is 8.06. The number of aliphatic imine (C=N–C) groups is 1. The number of thioether (sulfide) groups is 1. The lowest BCUT2D eigenvalue weighted by molar-refractivity contribution is -0.230. The Morgan fingerprint density at radius 1 is 1.17 bits per heavy atom. The zero-order chi connectivity index (χ0) is 30.6. The van der Waals surface area contributed by atoms with Crippen molar-refractivity contribution in [2.45, 2.75) is 69.2 Å². The molecule has 0 radical (unpaired) electrons. The third kappa shape index (κ3) is 4.95. The fraction of sp³-hybridized carbons (Fsp3) is 0.552. The number of nitrogens with zero attached hydrogens (tertiary/aromatic N) is 2. The van der Waals surface area contributed by atoms with Gasteiger partial charge in [0.25, 0.3) is 5.91 Å². The highest BCUT2D eigenvalue weighted by atomic mass is 32.2. The fourth-order valence-corrected chi connectivity index (χ4v) is 7.76. The highest BCUT2D eigenvalue weighted by molar-refractivity contribution is 8.13. The molecule has 3 N–H and O–H groups in total. The third-order valence-electron chi connectivity index (χ3n) is 8.83. The van der Waals surface area contributed by atoms with E-state index in [4.69, 9.17) is 10.5 Å². The molecule has 2 fully saturated rings. The predicted octanol–water partition coefficient (Wildman–Crippen LogP) is 6.25. The van der Waals surface area contributed by atoms with E-state index in [0.717, 1.165) is 6.07 Å². The summed E-state index contributed by atoms with van der Waals surface area (Å²) >= 11 is 1.18. The van der Waals surface area contributed by atoms with Crippen molar-refractivity contribution in [3.63, 3.8) is 0 Å². The number of hydrogen-bond donors (Lipinski definition) is 2. The number of ether oxygens (including phenoxy) is 1. The van der Waals surface area contributed by atoms with Gasteiger partial charge in [0.2, 0.25) is 0 Å². The summed E-state index contributed by atoms with van der Waals surface area (Å²) in [7, 11) is 0. The number of nitrogens with two attached hydrogens (primary N) is 1. The van der Waals surface area contributed by atoms with Gasteiger partial charge in [-0.1, -0.05) is 32.5 Å². The molecule has 1 saturated heterocycles. The van der Waals surface area contributed by atoms with Gasteiger partial charge in [-0.2, -0.15) is 0 Å². The molecule has 4 unspecified atom stereocenters. The Morgan fingerprint density at radius 3 is 2.60 bits per heavy atom. The first-order valence-corrected chi connectivity index (χ1v) is 14.7. The summed E-state index contributed by atoms with van der Waals surface area (Å²) in [5.74, 6) is -5.56. The van der Waals surface area contributed by atoms with E-state index in [9.17, 15) is 13.6 Å². The molecule has 0 spiro atoms. The Bertz CT molecular complexity index is 1410. The highest BCUT2D eigenvalue weighted by Gasteiger charge is 2.68.